The number of fused-ring (bicyclic) bond motifs is 2. The minimum atomic E-state index is -2.42. The Kier molecular flexibility index (Phi) is 10.6. The molecule has 2 fully saturated rings. The van der Waals surface area contributed by atoms with Gasteiger partial charge in [0.05, 0.1) is 24.4 Å². The topological polar surface area (TPSA) is 86.8 Å². The van der Waals surface area contributed by atoms with E-state index < -0.39 is 26.9 Å². The first kappa shape index (κ1) is 32.4. The van der Waals surface area contributed by atoms with Crippen LogP contribution in [0.5, 0.6) is 11.5 Å². The van der Waals surface area contributed by atoms with Gasteiger partial charge in [-0.2, -0.15) is 0 Å². The first-order valence-corrected chi connectivity index (χ1v) is 17.8. The fourth-order valence-corrected chi connectivity index (χ4v) is 12.4. The van der Waals surface area contributed by atoms with E-state index in [4.69, 9.17) is 23.4 Å². The highest BCUT2D eigenvalue weighted by Gasteiger charge is 2.49. The lowest BCUT2D eigenvalue weighted by Crippen LogP contribution is -2.57. The van der Waals surface area contributed by atoms with E-state index in [-0.39, 0.29) is 18.6 Å². The average molecular weight is 603 g/mol. The molecule has 10 heteroatoms. The number of nitrogens with zero attached hydrogens (tertiary/aromatic N) is 2. The summed E-state index contributed by atoms with van der Waals surface area (Å²) < 4.78 is 31.2. The van der Waals surface area contributed by atoms with E-state index in [0.29, 0.717) is 58.9 Å². The van der Waals surface area contributed by atoms with Crippen molar-refractivity contribution in [2.45, 2.75) is 115 Å². The Morgan fingerprint density at radius 3 is 2.33 bits per heavy atom. The van der Waals surface area contributed by atoms with Crippen LogP contribution >= 0.6 is 0 Å². The molecule has 0 radical (unpaired) electrons. The zero-order valence-electron chi connectivity index (χ0n) is 26.5. The molecule has 0 spiro atoms. The molecule has 0 aromatic heterocycles. The zero-order valence-corrected chi connectivity index (χ0v) is 27.5. The van der Waals surface area contributed by atoms with Gasteiger partial charge in [-0.25, -0.2) is 9.69 Å². The lowest BCUT2D eigenvalue weighted by molar-refractivity contribution is -0.198. The maximum absolute atomic E-state index is 14.2. The summed E-state index contributed by atoms with van der Waals surface area (Å²) in [5.41, 5.74) is 1.70. The number of hydrogen-bond donors (Lipinski definition) is 0. The van der Waals surface area contributed by atoms with Crippen LogP contribution in [0.1, 0.15) is 90.4 Å². The fraction of sp³-hybridized carbons (Fsp3) is 0.688. The number of ether oxygens (including phenoxy) is 4. The van der Waals surface area contributed by atoms with Crippen molar-refractivity contribution in [3.05, 3.63) is 30.4 Å². The molecule has 3 atom stereocenters. The van der Waals surface area contributed by atoms with E-state index in [0.717, 1.165) is 32.1 Å². The molecule has 42 heavy (non-hydrogen) atoms. The van der Waals surface area contributed by atoms with Gasteiger partial charge in [-0.1, -0.05) is 54.2 Å². The van der Waals surface area contributed by atoms with Crippen molar-refractivity contribution in [3.63, 3.8) is 0 Å². The van der Waals surface area contributed by atoms with Crippen LogP contribution in [0.4, 0.5) is 10.5 Å². The molecule has 0 bridgehead atoms. The minimum absolute atomic E-state index is 0.0310. The molecule has 2 saturated heterocycles. The van der Waals surface area contributed by atoms with Gasteiger partial charge in [0, 0.05) is 19.2 Å². The van der Waals surface area contributed by atoms with Gasteiger partial charge in [0.2, 0.25) is 0 Å². The number of carbonyl (C=O) groups is 2. The van der Waals surface area contributed by atoms with Crippen LogP contribution in [0.25, 0.3) is 0 Å². The average Bonchev–Trinajstić information content (AvgIpc) is 3.06. The monoisotopic (exact) mass is 602 g/mol. The molecule has 4 rings (SSSR count). The summed E-state index contributed by atoms with van der Waals surface area (Å²) >= 11 is 0. The molecule has 234 valence electrons. The highest BCUT2D eigenvalue weighted by atomic mass is 28.4. The summed E-state index contributed by atoms with van der Waals surface area (Å²) in [5, 5.41) is 0. The highest BCUT2D eigenvalue weighted by Crippen LogP contribution is 2.48. The van der Waals surface area contributed by atoms with Gasteiger partial charge >= 0.3 is 6.09 Å². The summed E-state index contributed by atoms with van der Waals surface area (Å²) in [7, 11) is -0.830. The number of benzene rings is 1. The van der Waals surface area contributed by atoms with Crippen LogP contribution in [-0.4, -0.2) is 70.6 Å². The highest BCUT2D eigenvalue weighted by molar-refractivity contribution is 6.78. The Labute approximate surface area is 252 Å². The van der Waals surface area contributed by atoms with E-state index in [9.17, 15) is 9.59 Å². The second kappa shape index (κ2) is 13.8. The van der Waals surface area contributed by atoms with Crippen molar-refractivity contribution in [2.75, 3.05) is 31.8 Å². The second-order valence-electron chi connectivity index (χ2n) is 12.6. The third-order valence-corrected chi connectivity index (χ3v) is 15.1. The predicted molar refractivity (Wildman–Crippen MR) is 166 cm³/mol. The van der Waals surface area contributed by atoms with E-state index in [1.807, 2.05) is 4.90 Å². The maximum atomic E-state index is 14.2. The molecule has 2 amide bonds. The molecule has 3 aliphatic heterocycles. The summed E-state index contributed by atoms with van der Waals surface area (Å²) in [4.78, 5) is 31.5. The molecule has 1 aromatic rings. The van der Waals surface area contributed by atoms with Gasteiger partial charge in [-0.3, -0.25) is 4.79 Å². The Hall–Kier alpha value is -2.56. The Morgan fingerprint density at radius 1 is 1.05 bits per heavy atom. The lowest BCUT2D eigenvalue weighted by Gasteiger charge is -2.43. The Bertz CT molecular complexity index is 1100. The summed E-state index contributed by atoms with van der Waals surface area (Å²) in [6.45, 7) is 18.2. The number of rotatable bonds is 10. The predicted octanol–water partition coefficient (Wildman–Crippen LogP) is 7.26. The second-order valence-corrected chi connectivity index (χ2v) is 17.9. The first-order valence-electron chi connectivity index (χ1n) is 15.6. The normalized spacial score (nSPS) is 23.0. The first-order chi connectivity index (χ1) is 20.1. The van der Waals surface area contributed by atoms with Crippen LogP contribution in [0.15, 0.2) is 24.8 Å². The van der Waals surface area contributed by atoms with E-state index >= 15 is 0 Å². The van der Waals surface area contributed by atoms with E-state index in [1.54, 1.807) is 19.2 Å². The fourth-order valence-electron chi connectivity index (χ4n) is 7.20. The minimum Gasteiger partial charge on any atom is -0.540 e. The van der Waals surface area contributed by atoms with Gasteiger partial charge in [-0.15, -0.1) is 0 Å². The standard InChI is InChI=1S/C32H50N2O7Si/c1-9-17-39-32(36)34-26-20-28(41-42(21(2)3,22(4)5)23(6)7)27(37-8)19-24(26)30(35)33-16-12-10-14-25(33)31(34)40-29-15-11-13-18-38-29/h9,19-23,25,29,31H,1,10-18H2,2-8H3/t25-,29?,31?/m0/s1. The molecule has 3 aliphatic rings. The van der Waals surface area contributed by atoms with Crippen molar-refractivity contribution < 1.29 is 33.0 Å². The molecule has 0 aliphatic carbocycles. The number of carbonyl (C=O) groups excluding carboxylic acids is 2. The van der Waals surface area contributed by atoms with Gasteiger partial charge in [0.25, 0.3) is 14.2 Å². The van der Waals surface area contributed by atoms with Gasteiger partial charge in [0.15, 0.2) is 18.3 Å². The van der Waals surface area contributed by atoms with E-state index in [1.165, 1.54) is 11.0 Å². The quantitative estimate of drug-likeness (QED) is 0.206. The van der Waals surface area contributed by atoms with Crippen LogP contribution in [0.3, 0.4) is 0 Å². The van der Waals surface area contributed by atoms with Crippen molar-refractivity contribution in [1.82, 2.24) is 4.90 Å². The number of amides is 2. The molecule has 1 aromatic carbocycles. The number of anilines is 1. The molecule has 0 saturated carbocycles. The SMILES string of the molecule is C=CCOC(=O)N1c2cc(O[Si](C(C)C)(C(C)C)C(C)C)c(OC)cc2C(=O)N2CCCC[C@H]2C1OC1CCCCO1. The summed E-state index contributed by atoms with van der Waals surface area (Å²) in [6.07, 6.45) is 4.84. The number of methoxy groups -OCH3 is 1. The molecule has 9 nitrogen and oxygen atoms in total. The van der Waals surface area contributed by atoms with Crippen LogP contribution in [0.2, 0.25) is 16.6 Å². The molecule has 3 heterocycles. The maximum Gasteiger partial charge on any atom is 0.416 e. The van der Waals surface area contributed by atoms with Crippen LogP contribution in [0, 0.1) is 0 Å². The van der Waals surface area contributed by atoms with E-state index in [2.05, 4.69) is 48.1 Å². The van der Waals surface area contributed by atoms with Crippen molar-refractivity contribution in [1.29, 1.82) is 0 Å². The summed E-state index contributed by atoms with van der Waals surface area (Å²) in [5.74, 6) is 0.849. The van der Waals surface area contributed by atoms with Crippen molar-refractivity contribution in [3.8, 4) is 11.5 Å². The van der Waals surface area contributed by atoms with Gasteiger partial charge in [-0.05, 0) is 61.2 Å². The zero-order chi connectivity index (χ0) is 30.6. The van der Waals surface area contributed by atoms with Crippen LogP contribution in [-0.2, 0) is 14.2 Å². The molecular formula is C32H50N2O7Si. The van der Waals surface area contributed by atoms with Crippen molar-refractivity contribution in [2.24, 2.45) is 0 Å². The molecule has 2 unspecified atom stereocenters. The van der Waals surface area contributed by atoms with Gasteiger partial charge in [0.1, 0.15) is 12.4 Å². The number of hydrogen-bond acceptors (Lipinski definition) is 7. The Morgan fingerprint density at radius 2 is 1.74 bits per heavy atom. The summed E-state index contributed by atoms with van der Waals surface area (Å²) in [6, 6.07) is 3.17. The lowest BCUT2D eigenvalue weighted by atomic mass is 10.00. The van der Waals surface area contributed by atoms with Crippen molar-refractivity contribution >= 4 is 26.0 Å². The largest absolute Gasteiger partial charge is 0.540 e. The molecule has 0 N–H and O–H groups in total. The van der Waals surface area contributed by atoms with Crippen LogP contribution < -0.4 is 14.1 Å². The third-order valence-electron chi connectivity index (χ3n) is 9.11. The molecular weight excluding hydrogens is 552 g/mol. The smallest absolute Gasteiger partial charge is 0.416 e. The Balaban J connectivity index is 1.92. The number of piperidine rings is 1. The third kappa shape index (κ3) is 6.21. The van der Waals surface area contributed by atoms with Gasteiger partial charge < -0.3 is 28.3 Å².